The molecule has 1 heterocycles. The Kier molecular flexibility index (Phi) is 3.96. The smallest absolute Gasteiger partial charge is 0.383 e. The van der Waals surface area contributed by atoms with Crippen LogP contribution in [0.15, 0.2) is 35.7 Å². The highest BCUT2D eigenvalue weighted by Gasteiger charge is 2.31. The lowest BCUT2D eigenvalue weighted by Crippen LogP contribution is -2.07. The summed E-state index contributed by atoms with van der Waals surface area (Å²) < 4.78 is 37.9. The Morgan fingerprint density at radius 2 is 2.00 bits per heavy atom. The zero-order valence-electron chi connectivity index (χ0n) is 10.2. The Hall–Kier alpha value is -1.33. The van der Waals surface area contributed by atoms with Crippen LogP contribution in [-0.2, 0) is 12.6 Å². The summed E-state index contributed by atoms with van der Waals surface area (Å²) in [6.07, 6.45) is -4.65. The second kappa shape index (κ2) is 5.35. The minimum atomic E-state index is -4.39. The highest BCUT2D eigenvalue weighted by Crippen LogP contribution is 2.34. The van der Waals surface area contributed by atoms with Gasteiger partial charge < -0.3 is 5.11 Å². The second-order valence-corrected chi connectivity index (χ2v) is 5.14. The molecule has 1 aromatic carbocycles. The molecule has 2 aromatic rings. The monoisotopic (exact) mass is 286 g/mol. The zero-order chi connectivity index (χ0) is 14.0. The van der Waals surface area contributed by atoms with E-state index in [0.717, 1.165) is 24.1 Å². The lowest BCUT2D eigenvalue weighted by atomic mass is 10.0. The molecule has 1 unspecified atom stereocenters. The fraction of sp³-hybridized carbons (Fsp3) is 0.286. The van der Waals surface area contributed by atoms with Gasteiger partial charge in [-0.25, -0.2) is 0 Å². The van der Waals surface area contributed by atoms with Crippen molar-refractivity contribution in [2.45, 2.75) is 25.6 Å². The molecule has 0 radical (unpaired) electrons. The van der Waals surface area contributed by atoms with E-state index < -0.39 is 17.8 Å². The summed E-state index contributed by atoms with van der Waals surface area (Å²) in [5, 5.41) is 12.1. The molecule has 102 valence electrons. The van der Waals surface area contributed by atoms with Gasteiger partial charge in [0.15, 0.2) is 0 Å². The molecular weight excluding hydrogens is 273 g/mol. The van der Waals surface area contributed by atoms with Gasteiger partial charge in [0.2, 0.25) is 0 Å². The van der Waals surface area contributed by atoms with Crippen LogP contribution < -0.4 is 0 Å². The van der Waals surface area contributed by atoms with Gasteiger partial charge in [-0.2, -0.15) is 13.2 Å². The molecule has 2 rings (SSSR count). The SMILES string of the molecule is CCc1ccsc1C(O)c1cccc(C(F)(F)F)c1. The van der Waals surface area contributed by atoms with Crippen LogP contribution in [0.25, 0.3) is 0 Å². The molecule has 0 amide bonds. The van der Waals surface area contributed by atoms with Crippen molar-refractivity contribution < 1.29 is 18.3 Å². The van der Waals surface area contributed by atoms with Crippen LogP contribution in [0.2, 0.25) is 0 Å². The maximum atomic E-state index is 12.6. The third kappa shape index (κ3) is 2.98. The van der Waals surface area contributed by atoms with Crippen molar-refractivity contribution in [1.82, 2.24) is 0 Å². The Morgan fingerprint density at radius 1 is 1.26 bits per heavy atom. The lowest BCUT2D eigenvalue weighted by Gasteiger charge is -2.14. The van der Waals surface area contributed by atoms with E-state index in [9.17, 15) is 18.3 Å². The van der Waals surface area contributed by atoms with Crippen LogP contribution in [0.5, 0.6) is 0 Å². The van der Waals surface area contributed by atoms with Gasteiger partial charge in [0.05, 0.1) is 5.56 Å². The zero-order valence-corrected chi connectivity index (χ0v) is 11.1. The van der Waals surface area contributed by atoms with Gasteiger partial charge in [-0.1, -0.05) is 19.1 Å². The molecule has 0 saturated heterocycles. The van der Waals surface area contributed by atoms with Crippen LogP contribution in [0.3, 0.4) is 0 Å². The molecule has 1 N–H and O–H groups in total. The van der Waals surface area contributed by atoms with Gasteiger partial charge in [-0.3, -0.25) is 0 Å². The topological polar surface area (TPSA) is 20.2 Å². The number of benzene rings is 1. The largest absolute Gasteiger partial charge is 0.416 e. The summed E-state index contributed by atoms with van der Waals surface area (Å²) in [5.74, 6) is 0. The van der Waals surface area contributed by atoms with Crippen molar-refractivity contribution in [2.75, 3.05) is 0 Å². The number of aliphatic hydroxyl groups excluding tert-OH is 1. The number of rotatable bonds is 3. The van der Waals surface area contributed by atoms with E-state index in [2.05, 4.69) is 0 Å². The minimum absolute atomic E-state index is 0.270. The highest BCUT2D eigenvalue weighted by atomic mass is 32.1. The summed E-state index contributed by atoms with van der Waals surface area (Å²) in [6.45, 7) is 1.95. The van der Waals surface area contributed by atoms with E-state index in [1.807, 2.05) is 18.4 Å². The molecule has 0 aliphatic carbocycles. The van der Waals surface area contributed by atoms with Gasteiger partial charge in [0.25, 0.3) is 0 Å². The van der Waals surface area contributed by atoms with E-state index >= 15 is 0 Å². The maximum Gasteiger partial charge on any atom is 0.416 e. The van der Waals surface area contributed by atoms with Gasteiger partial charge in [-0.05, 0) is 41.1 Å². The number of aryl methyl sites for hydroxylation is 1. The van der Waals surface area contributed by atoms with Gasteiger partial charge in [0.1, 0.15) is 6.10 Å². The molecule has 0 fully saturated rings. The maximum absolute atomic E-state index is 12.6. The first kappa shape index (κ1) is 14.1. The van der Waals surface area contributed by atoms with Crippen molar-refractivity contribution in [3.05, 3.63) is 57.3 Å². The molecule has 0 spiro atoms. The van der Waals surface area contributed by atoms with Crippen LogP contribution in [-0.4, -0.2) is 5.11 Å². The highest BCUT2D eigenvalue weighted by molar-refractivity contribution is 7.10. The second-order valence-electron chi connectivity index (χ2n) is 4.19. The summed E-state index contributed by atoms with van der Waals surface area (Å²) >= 11 is 1.36. The Labute approximate surface area is 113 Å². The number of halogens is 3. The first-order valence-corrected chi connectivity index (χ1v) is 6.73. The van der Waals surface area contributed by atoms with E-state index in [4.69, 9.17) is 0 Å². The predicted octanol–water partition coefficient (Wildman–Crippen LogP) is 4.41. The number of hydrogen-bond donors (Lipinski definition) is 1. The number of hydrogen-bond acceptors (Lipinski definition) is 2. The molecule has 19 heavy (non-hydrogen) atoms. The Balaban J connectivity index is 2.37. The number of thiophene rings is 1. The van der Waals surface area contributed by atoms with Crippen molar-refractivity contribution in [1.29, 1.82) is 0 Å². The van der Waals surface area contributed by atoms with Crippen LogP contribution in [0.4, 0.5) is 13.2 Å². The minimum Gasteiger partial charge on any atom is -0.383 e. The van der Waals surface area contributed by atoms with Crippen LogP contribution in [0, 0.1) is 0 Å². The fourth-order valence-corrected chi connectivity index (χ4v) is 2.92. The summed E-state index contributed by atoms with van der Waals surface area (Å²) in [5.41, 5.74) is 0.501. The molecule has 0 saturated carbocycles. The Bertz CT molecular complexity index is 560. The summed E-state index contributed by atoms with van der Waals surface area (Å²) in [7, 11) is 0. The number of alkyl halides is 3. The normalized spacial score (nSPS) is 13.5. The molecular formula is C14H13F3OS. The number of aliphatic hydroxyl groups is 1. The van der Waals surface area contributed by atoms with Crippen LogP contribution in [0.1, 0.15) is 34.6 Å². The van der Waals surface area contributed by atoms with Gasteiger partial charge >= 0.3 is 6.18 Å². The average molecular weight is 286 g/mol. The molecule has 1 aromatic heterocycles. The quantitative estimate of drug-likeness (QED) is 0.886. The molecule has 1 atom stereocenters. The van der Waals surface area contributed by atoms with E-state index in [1.54, 1.807) is 0 Å². The molecule has 0 aliphatic rings. The van der Waals surface area contributed by atoms with E-state index in [1.165, 1.54) is 23.5 Å². The molecule has 0 bridgehead atoms. The first-order chi connectivity index (χ1) is 8.93. The van der Waals surface area contributed by atoms with Crippen molar-refractivity contribution >= 4 is 11.3 Å². The van der Waals surface area contributed by atoms with Crippen molar-refractivity contribution in [3.8, 4) is 0 Å². The third-order valence-corrected chi connectivity index (χ3v) is 3.95. The van der Waals surface area contributed by atoms with Crippen LogP contribution >= 0.6 is 11.3 Å². The molecule has 5 heteroatoms. The third-order valence-electron chi connectivity index (χ3n) is 2.94. The summed E-state index contributed by atoms with van der Waals surface area (Å²) in [6, 6.07) is 6.73. The van der Waals surface area contributed by atoms with Crippen molar-refractivity contribution in [3.63, 3.8) is 0 Å². The van der Waals surface area contributed by atoms with E-state index in [-0.39, 0.29) is 5.56 Å². The van der Waals surface area contributed by atoms with Crippen molar-refractivity contribution in [2.24, 2.45) is 0 Å². The van der Waals surface area contributed by atoms with Gasteiger partial charge in [-0.15, -0.1) is 11.3 Å². The lowest BCUT2D eigenvalue weighted by molar-refractivity contribution is -0.137. The van der Waals surface area contributed by atoms with E-state index in [0.29, 0.717) is 4.88 Å². The van der Waals surface area contributed by atoms with Gasteiger partial charge in [0, 0.05) is 4.88 Å². The Morgan fingerprint density at radius 3 is 2.63 bits per heavy atom. The predicted molar refractivity (Wildman–Crippen MR) is 69.2 cm³/mol. The molecule has 1 nitrogen and oxygen atoms in total. The average Bonchev–Trinajstić information content (AvgIpc) is 2.85. The first-order valence-electron chi connectivity index (χ1n) is 5.85. The standard InChI is InChI=1S/C14H13F3OS/c1-2-9-6-7-19-13(9)12(18)10-4-3-5-11(8-10)14(15,16)17/h3-8,12,18H,2H2,1H3. The molecule has 0 aliphatic heterocycles. The fourth-order valence-electron chi connectivity index (χ4n) is 1.92. The summed E-state index contributed by atoms with van der Waals surface area (Å²) in [4.78, 5) is 0.710.